The van der Waals surface area contributed by atoms with Crippen molar-refractivity contribution in [3.05, 3.63) is 29.5 Å². The third kappa shape index (κ3) is 2.45. The van der Waals surface area contributed by atoms with Gasteiger partial charge in [-0.3, -0.25) is 9.59 Å². The maximum Gasteiger partial charge on any atom is 0.307 e. The average molecular weight is 332 g/mol. The van der Waals surface area contributed by atoms with Crippen molar-refractivity contribution in [1.29, 1.82) is 0 Å². The number of furan rings is 1. The average Bonchev–Trinajstić information content (AvgIpc) is 2.98. The zero-order valence-electron chi connectivity index (χ0n) is 12.4. The number of piperidine rings is 1. The summed E-state index contributed by atoms with van der Waals surface area (Å²) in [6.45, 7) is 1.24. The quantitative estimate of drug-likeness (QED) is 0.934. The molecule has 0 aromatic carbocycles. The fourth-order valence-electron chi connectivity index (χ4n) is 3.45. The Morgan fingerprint density at radius 1 is 1.39 bits per heavy atom. The van der Waals surface area contributed by atoms with Gasteiger partial charge in [0.15, 0.2) is 10.8 Å². The molecule has 1 spiro atoms. The number of amides is 1. The topological polar surface area (TPSA) is 83.6 Å². The van der Waals surface area contributed by atoms with Crippen molar-refractivity contribution < 1.29 is 19.1 Å². The van der Waals surface area contributed by atoms with Gasteiger partial charge in [0.1, 0.15) is 4.88 Å². The number of nitrogens with zero attached hydrogens (tertiary/aromatic N) is 2. The summed E-state index contributed by atoms with van der Waals surface area (Å²) in [5, 5.41) is 9.82. The van der Waals surface area contributed by atoms with Crippen molar-refractivity contribution >= 4 is 23.2 Å². The summed E-state index contributed by atoms with van der Waals surface area (Å²) in [6.07, 6.45) is 5.48. The molecule has 1 aliphatic carbocycles. The highest BCUT2D eigenvalue weighted by molar-refractivity contribution is 7.16. The number of hydrogen-bond acceptors (Lipinski definition) is 5. The van der Waals surface area contributed by atoms with Crippen molar-refractivity contribution in [2.75, 3.05) is 13.1 Å². The minimum atomic E-state index is -0.699. The summed E-state index contributed by atoms with van der Waals surface area (Å²) < 4.78 is 5.30. The van der Waals surface area contributed by atoms with Crippen LogP contribution in [0.4, 0.5) is 0 Å². The third-order valence-electron chi connectivity index (χ3n) is 4.98. The van der Waals surface area contributed by atoms with Crippen LogP contribution in [0.2, 0.25) is 0 Å². The van der Waals surface area contributed by atoms with Crippen LogP contribution < -0.4 is 0 Å². The molecule has 2 fully saturated rings. The Labute approximate surface area is 136 Å². The second kappa shape index (κ2) is 5.19. The van der Waals surface area contributed by atoms with Gasteiger partial charge in [-0.15, -0.1) is 11.3 Å². The fraction of sp³-hybridized carbons (Fsp3) is 0.438. The molecule has 1 unspecified atom stereocenters. The number of aromatic nitrogens is 1. The van der Waals surface area contributed by atoms with Crippen LogP contribution in [0.1, 0.15) is 28.9 Å². The number of rotatable bonds is 3. The van der Waals surface area contributed by atoms with Gasteiger partial charge < -0.3 is 14.4 Å². The molecule has 6 nitrogen and oxygen atoms in total. The number of aliphatic carboxylic acids is 1. The molecule has 3 heterocycles. The Hall–Kier alpha value is -2.15. The van der Waals surface area contributed by atoms with E-state index in [0.717, 1.165) is 19.3 Å². The van der Waals surface area contributed by atoms with E-state index in [1.807, 2.05) is 11.0 Å². The van der Waals surface area contributed by atoms with Crippen LogP contribution in [0.5, 0.6) is 0 Å². The second-order valence-corrected chi connectivity index (χ2v) is 7.29. The molecule has 0 radical (unpaired) electrons. The number of carboxylic acid groups (broad SMARTS) is 1. The van der Waals surface area contributed by atoms with E-state index in [1.165, 1.54) is 11.3 Å². The van der Waals surface area contributed by atoms with Gasteiger partial charge in [0.05, 0.1) is 18.4 Å². The van der Waals surface area contributed by atoms with E-state index in [0.29, 0.717) is 28.7 Å². The molecule has 1 amide bonds. The number of thiazole rings is 1. The van der Waals surface area contributed by atoms with Crippen molar-refractivity contribution in [3.8, 4) is 10.8 Å². The van der Waals surface area contributed by atoms with Gasteiger partial charge in [0.2, 0.25) is 0 Å². The lowest BCUT2D eigenvalue weighted by atomic mass is 9.91. The van der Waals surface area contributed by atoms with Crippen molar-refractivity contribution in [3.63, 3.8) is 0 Å². The van der Waals surface area contributed by atoms with Crippen LogP contribution >= 0.6 is 11.3 Å². The Morgan fingerprint density at radius 3 is 2.78 bits per heavy atom. The van der Waals surface area contributed by atoms with E-state index < -0.39 is 5.97 Å². The van der Waals surface area contributed by atoms with Crippen LogP contribution in [0.3, 0.4) is 0 Å². The highest BCUT2D eigenvalue weighted by Gasteiger charge is 2.59. The molecule has 2 aromatic heterocycles. The summed E-state index contributed by atoms with van der Waals surface area (Å²) in [5.74, 6) is -0.277. The predicted octanol–water partition coefficient (Wildman–Crippen LogP) is 2.73. The number of likely N-dealkylation sites (tertiary alicyclic amines) is 1. The monoisotopic (exact) mass is 332 g/mol. The zero-order chi connectivity index (χ0) is 16.0. The van der Waals surface area contributed by atoms with Gasteiger partial charge in [-0.2, -0.15) is 0 Å². The summed E-state index contributed by atoms with van der Waals surface area (Å²) in [6, 6.07) is 3.60. The SMILES string of the molecule is O=C(O)C1CC12CCN(C(=O)c1cnc(-c3ccco3)s1)CC2. The van der Waals surface area contributed by atoms with Crippen molar-refractivity contribution in [2.45, 2.75) is 19.3 Å². The number of hydrogen-bond donors (Lipinski definition) is 1. The normalized spacial score (nSPS) is 22.3. The molecule has 1 aliphatic heterocycles. The molecule has 120 valence electrons. The Kier molecular flexibility index (Phi) is 3.26. The minimum absolute atomic E-state index is 0.0253. The summed E-state index contributed by atoms with van der Waals surface area (Å²) >= 11 is 1.32. The maximum atomic E-state index is 12.6. The third-order valence-corrected chi connectivity index (χ3v) is 5.98. The Balaban J connectivity index is 1.42. The van der Waals surface area contributed by atoms with Crippen LogP contribution in [0.15, 0.2) is 29.0 Å². The van der Waals surface area contributed by atoms with E-state index >= 15 is 0 Å². The molecule has 4 rings (SSSR count). The molecule has 2 aromatic rings. The van der Waals surface area contributed by atoms with E-state index in [9.17, 15) is 9.59 Å². The Bertz CT molecular complexity index is 744. The van der Waals surface area contributed by atoms with E-state index in [4.69, 9.17) is 9.52 Å². The molecule has 1 saturated carbocycles. The van der Waals surface area contributed by atoms with Crippen LogP contribution in [0.25, 0.3) is 10.8 Å². The van der Waals surface area contributed by atoms with E-state index in [2.05, 4.69) is 4.98 Å². The van der Waals surface area contributed by atoms with E-state index in [1.54, 1.807) is 18.5 Å². The first-order valence-corrected chi connectivity index (χ1v) is 8.42. The molecule has 23 heavy (non-hydrogen) atoms. The van der Waals surface area contributed by atoms with Gasteiger partial charge in [-0.25, -0.2) is 4.98 Å². The first kappa shape index (κ1) is 14.4. The summed E-state index contributed by atoms with van der Waals surface area (Å²) in [7, 11) is 0. The zero-order valence-corrected chi connectivity index (χ0v) is 13.2. The lowest BCUT2D eigenvalue weighted by Crippen LogP contribution is -2.39. The predicted molar refractivity (Wildman–Crippen MR) is 83.1 cm³/mol. The molecule has 2 aliphatic rings. The number of carboxylic acids is 1. The van der Waals surface area contributed by atoms with Gasteiger partial charge in [0.25, 0.3) is 5.91 Å². The fourth-order valence-corrected chi connectivity index (χ4v) is 4.30. The highest BCUT2D eigenvalue weighted by atomic mass is 32.1. The molecule has 0 bridgehead atoms. The van der Waals surface area contributed by atoms with Gasteiger partial charge in [0, 0.05) is 13.1 Å². The standard InChI is InChI=1S/C16H16N2O4S/c19-14(12-9-17-13(23-12)11-2-1-7-22-11)18-5-3-16(4-6-18)8-10(16)15(20)21/h1-2,7,9-10H,3-6,8H2,(H,20,21). The number of carbonyl (C=O) groups is 2. The second-order valence-electron chi connectivity index (χ2n) is 6.26. The lowest BCUT2D eigenvalue weighted by Gasteiger charge is -2.32. The van der Waals surface area contributed by atoms with Gasteiger partial charge in [-0.1, -0.05) is 0 Å². The van der Waals surface area contributed by atoms with Crippen LogP contribution in [0, 0.1) is 11.3 Å². The molecule has 1 atom stereocenters. The summed E-state index contributed by atoms with van der Waals surface area (Å²) in [5.41, 5.74) is -0.0599. The molecule has 1 saturated heterocycles. The molecule has 7 heteroatoms. The Morgan fingerprint density at radius 2 is 2.17 bits per heavy atom. The molecule has 1 N–H and O–H groups in total. The molecular formula is C16H16N2O4S. The maximum absolute atomic E-state index is 12.6. The van der Waals surface area contributed by atoms with Crippen LogP contribution in [-0.4, -0.2) is 40.0 Å². The van der Waals surface area contributed by atoms with Crippen molar-refractivity contribution in [1.82, 2.24) is 9.88 Å². The summed E-state index contributed by atoms with van der Waals surface area (Å²) in [4.78, 5) is 30.3. The lowest BCUT2D eigenvalue weighted by molar-refractivity contribution is -0.139. The van der Waals surface area contributed by atoms with E-state index in [-0.39, 0.29) is 17.2 Å². The van der Waals surface area contributed by atoms with Crippen molar-refractivity contribution in [2.24, 2.45) is 11.3 Å². The first-order chi connectivity index (χ1) is 11.1. The van der Waals surface area contributed by atoms with Crippen LogP contribution in [-0.2, 0) is 4.79 Å². The minimum Gasteiger partial charge on any atom is -0.481 e. The van der Waals surface area contributed by atoms with Gasteiger partial charge >= 0.3 is 5.97 Å². The molecular weight excluding hydrogens is 316 g/mol. The first-order valence-electron chi connectivity index (χ1n) is 7.61. The number of carbonyl (C=O) groups excluding carboxylic acids is 1. The smallest absolute Gasteiger partial charge is 0.307 e. The highest BCUT2D eigenvalue weighted by Crippen LogP contribution is 2.59. The van der Waals surface area contributed by atoms with Gasteiger partial charge in [-0.05, 0) is 36.8 Å². The largest absolute Gasteiger partial charge is 0.481 e.